The van der Waals surface area contributed by atoms with E-state index in [0.29, 0.717) is 24.3 Å². The molecule has 0 radical (unpaired) electrons. The monoisotopic (exact) mass is 336 g/mol. The fourth-order valence-corrected chi connectivity index (χ4v) is 3.49. The minimum absolute atomic E-state index is 0.134. The van der Waals surface area contributed by atoms with E-state index in [1.165, 1.54) is 0 Å². The molecular formula is C20H20N2O3. The van der Waals surface area contributed by atoms with Crippen LogP contribution in [0, 0.1) is 0 Å². The lowest BCUT2D eigenvalue weighted by Crippen LogP contribution is -2.30. The van der Waals surface area contributed by atoms with Crippen molar-refractivity contribution in [3.05, 3.63) is 53.6 Å². The zero-order valence-electron chi connectivity index (χ0n) is 14.1. The first-order valence-electron chi connectivity index (χ1n) is 8.61. The molecule has 1 fully saturated rings. The fraction of sp³-hybridized carbons (Fsp3) is 0.300. The largest absolute Gasteiger partial charge is 0.493 e. The number of benzene rings is 2. The Hall–Kier alpha value is -2.82. The number of rotatable bonds is 3. The van der Waals surface area contributed by atoms with E-state index in [-0.39, 0.29) is 17.9 Å². The van der Waals surface area contributed by atoms with Crippen LogP contribution in [0.3, 0.4) is 0 Å². The van der Waals surface area contributed by atoms with Crippen molar-refractivity contribution in [3.8, 4) is 5.75 Å². The van der Waals surface area contributed by atoms with E-state index in [2.05, 4.69) is 5.32 Å². The van der Waals surface area contributed by atoms with Crippen molar-refractivity contribution in [2.45, 2.75) is 32.2 Å². The lowest BCUT2D eigenvalue weighted by atomic mass is 10.1. The van der Waals surface area contributed by atoms with Crippen LogP contribution < -0.4 is 15.0 Å². The van der Waals surface area contributed by atoms with Gasteiger partial charge in [0.25, 0.3) is 5.91 Å². The molecule has 2 heterocycles. The van der Waals surface area contributed by atoms with Crippen LogP contribution in [0.1, 0.15) is 35.7 Å². The number of amides is 2. The molecule has 0 saturated carbocycles. The molecule has 0 aromatic heterocycles. The minimum atomic E-state index is -0.160. The summed E-state index contributed by atoms with van der Waals surface area (Å²) in [6.45, 7) is 2.72. The summed E-state index contributed by atoms with van der Waals surface area (Å²) in [5, 5.41) is 2.93. The smallest absolute Gasteiger partial charge is 0.255 e. The zero-order chi connectivity index (χ0) is 17.4. The van der Waals surface area contributed by atoms with Crippen LogP contribution in [-0.4, -0.2) is 24.5 Å². The Morgan fingerprint density at radius 3 is 2.88 bits per heavy atom. The summed E-state index contributed by atoms with van der Waals surface area (Å²) < 4.78 is 5.48. The topological polar surface area (TPSA) is 58.6 Å². The van der Waals surface area contributed by atoms with Crippen LogP contribution in [0.2, 0.25) is 0 Å². The van der Waals surface area contributed by atoms with Crippen molar-refractivity contribution in [1.29, 1.82) is 0 Å². The summed E-state index contributed by atoms with van der Waals surface area (Å²) in [5.41, 5.74) is 3.19. The number of hydrogen-bond donors (Lipinski definition) is 1. The van der Waals surface area contributed by atoms with Gasteiger partial charge in [-0.1, -0.05) is 6.07 Å². The molecule has 2 aliphatic rings. The van der Waals surface area contributed by atoms with E-state index in [1.807, 2.05) is 48.2 Å². The number of anilines is 2. The number of ether oxygens (including phenoxy) is 1. The molecule has 0 bridgehead atoms. The van der Waals surface area contributed by atoms with Crippen molar-refractivity contribution in [3.63, 3.8) is 0 Å². The van der Waals surface area contributed by atoms with Gasteiger partial charge in [0, 0.05) is 35.8 Å². The molecule has 128 valence electrons. The Morgan fingerprint density at radius 1 is 1.20 bits per heavy atom. The molecule has 4 rings (SSSR count). The third-order valence-corrected chi connectivity index (χ3v) is 4.82. The van der Waals surface area contributed by atoms with Gasteiger partial charge in [0.1, 0.15) is 5.75 Å². The highest BCUT2D eigenvalue weighted by Crippen LogP contribution is 2.29. The van der Waals surface area contributed by atoms with E-state index in [0.717, 1.165) is 29.8 Å². The van der Waals surface area contributed by atoms with E-state index in [1.54, 1.807) is 6.07 Å². The summed E-state index contributed by atoms with van der Waals surface area (Å²) in [4.78, 5) is 26.4. The van der Waals surface area contributed by atoms with Crippen molar-refractivity contribution < 1.29 is 14.3 Å². The van der Waals surface area contributed by atoms with Crippen molar-refractivity contribution in [2.24, 2.45) is 0 Å². The molecule has 1 atom stereocenters. The number of carbonyl (C=O) groups is 2. The highest BCUT2D eigenvalue weighted by atomic mass is 16.5. The van der Waals surface area contributed by atoms with Crippen molar-refractivity contribution >= 4 is 23.2 Å². The number of hydrogen-bond acceptors (Lipinski definition) is 3. The van der Waals surface area contributed by atoms with Gasteiger partial charge in [-0.05, 0) is 55.3 Å². The molecule has 2 aliphatic heterocycles. The normalized spacial score (nSPS) is 18.8. The van der Waals surface area contributed by atoms with Crippen LogP contribution >= 0.6 is 0 Å². The predicted molar refractivity (Wildman–Crippen MR) is 96.2 cm³/mol. The number of fused-ring (bicyclic) bond motifs is 1. The molecule has 25 heavy (non-hydrogen) atoms. The van der Waals surface area contributed by atoms with Gasteiger partial charge in [-0.15, -0.1) is 0 Å². The quantitative estimate of drug-likeness (QED) is 0.935. The van der Waals surface area contributed by atoms with Gasteiger partial charge < -0.3 is 15.0 Å². The molecular weight excluding hydrogens is 316 g/mol. The molecule has 1 N–H and O–H groups in total. The Morgan fingerprint density at radius 2 is 2.08 bits per heavy atom. The summed E-state index contributed by atoms with van der Waals surface area (Å²) in [6, 6.07) is 13.1. The SMILES string of the molecule is CC1CCC(=O)N1c1cccc(NC(=O)c2ccc3c(c2)CCO3)c1. The summed E-state index contributed by atoms with van der Waals surface area (Å²) >= 11 is 0. The van der Waals surface area contributed by atoms with E-state index < -0.39 is 0 Å². The molecule has 2 aromatic rings. The number of nitrogens with one attached hydrogen (secondary N) is 1. The number of nitrogens with zero attached hydrogens (tertiary/aromatic N) is 1. The average molecular weight is 336 g/mol. The molecule has 2 aromatic carbocycles. The van der Waals surface area contributed by atoms with Crippen LogP contribution in [0.5, 0.6) is 5.75 Å². The fourth-order valence-electron chi connectivity index (χ4n) is 3.49. The summed E-state index contributed by atoms with van der Waals surface area (Å²) in [5.74, 6) is 0.835. The predicted octanol–water partition coefficient (Wildman–Crippen LogP) is 3.39. The maximum atomic E-state index is 12.5. The van der Waals surface area contributed by atoms with Crippen molar-refractivity contribution in [2.75, 3.05) is 16.8 Å². The molecule has 5 heteroatoms. The van der Waals surface area contributed by atoms with Gasteiger partial charge in [-0.3, -0.25) is 9.59 Å². The van der Waals surface area contributed by atoms with Gasteiger partial charge in [-0.2, -0.15) is 0 Å². The third-order valence-electron chi connectivity index (χ3n) is 4.82. The van der Waals surface area contributed by atoms with Gasteiger partial charge in [0.2, 0.25) is 5.91 Å². The van der Waals surface area contributed by atoms with Gasteiger partial charge >= 0.3 is 0 Å². The second-order valence-corrected chi connectivity index (χ2v) is 6.58. The second-order valence-electron chi connectivity index (χ2n) is 6.58. The molecule has 0 aliphatic carbocycles. The van der Waals surface area contributed by atoms with Crippen LogP contribution in [0.15, 0.2) is 42.5 Å². The first-order valence-corrected chi connectivity index (χ1v) is 8.61. The molecule has 1 saturated heterocycles. The molecule has 5 nitrogen and oxygen atoms in total. The van der Waals surface area contributed by atoms with Gasteiger partial charge in [0.15, 0.2) is 0 Å². The van der Waals surface area contributed by atoms with Gasteiger partial charge in [-0.25, -0.2) is 0 Å². The van der Waals surface area contributed by atoms with E-state index in [4.69, 9.17) is 4.74 Å². The van der Waals surface area contributed by atoms with Crippen LogP contribution in [-0.2, 0) is 11.2 Å². The first kappa shape index (κ1) is 15.7. The highest BCUT2D eigenvalue weighted by Gasteiger charge is 2.28. The minimum Gasteiger partial charge on any atom is -0.493 e. The average Bonchev–Trinajstić information content (AvgIpc) is 3.20. The van der Waals surface area contributed by atoms with Crippen molar-refractivity contribution in [1.82, 2.24) is 0 Å². The lowest BCUT2D eigenvalue weighted by molar-refractivity contribution is -0.117. The van der Waals surface area contributed by atoms with E-state index in [9.17, 15) is 9.59 Å². The Bertz CT molecular complexity index is 847. The van der Waals surface area contributed by atoms with Gasteiger partial charge in [0.05, 0.1) is 6.61 Å². The zero-order valence-corrected chi connectivity index (χ0v) is 14.1. The Balaban J connectivity index is 1.54. The maximum Gasteiger partial charge on any atom is 0.255 e. The second kappa shape index (κ2) is 6.24. The lowest BCUT2D eigenvalue weighted by Gasteiger charge is -2.22. The van der Waals surface area contributed by atoms with Crippen LogP contribution in [0.4, 0.5) is 11.4 Å². The third kappa shape index (κ3) is 2.97. The Kier molecular flexibility index (Phi) is 3.92. The summed E-state index contributed by atoms with van der Waals surface area (Å²) in [7, 11) is 0. The first-order chi connectivity index (χ1) is 12.1. The Labute approximate surface area is 146 Å². The summed E-state index contributed by atoms with van der Waals surface area (Å²) in [6.07, 6.45) is 2.28. The standard InChI is InChI=1S/C20H20N2O3/c1-13-5-8-19(23)22(13)17-4-2-3-16(12-17)21-20(24)15-6-7-18-14(11-15)9-10-25-18/h2-4,6-7,11-13H,5,8-10H2,1H3,(H,21,24). The number of carbonyl (C=O) groups excluding carboxylic acids is 2. The molecule has 0 spiro atoms. The molecule has 1 unspecified atom stereocenters. The highest BCUT2D eigenvalue weighted by molar-refractivity contribution is 6.05. The van der Waals surface area contributed by atoms with Crippen LogP contribution in [0.25, 0.3) is 0 Å². The maximum absolute atomic E-state index is 12.5. The van der Waals surface area contributed by atoms with E-state index >= 15 is 0 Å². The molecule has 2 amide bonds.